The summed E-state index contributed by atoms with van der Waals surface area (Å²) in [4.78, 5) is 16.2. The number of hydrogen-bond acceptors (Lipinski definition) is 2. The SMILES string of the molecule is CCc1[c]c(F)cc(C(=O)N(C)OC)c1F. The zero-order valence-electron chi connectivity index (χ0n) is 9.30. The van der Waals surface area contributed by atoms with Crippen LogP contribution in [0.15, 0.2) is 6.07 Å². The number of halogens is 2. The molecule has 0 bridgehead atoms. The van der Waals surface area contributed by atoms with E-state index >= 15 is 0 Å². The average molecular weight is 228 g/mol. The number of carbonyl (C=O) groups is 1. The molecule has 1 aromatic rings. The van der Waals surface area contributed by atoms with E-state index in [0.717, 1.165) is 11.1 Å². The number of benzene rings is 1. The molecule has 1 amide bonds. The topological polar surface area (TPSA) is 29.5 Å². The number of hydroxylamine groups is 2. The molecule has 87 valence electrons. The van der Waals surface area contributed by atoms with Crippen LogP contribution in [-0.2, 0) is 11.3 Å². The van der Waals surface area contributed by atoms with E-state index in [0.29, 0.717) is 0 Å². The Labute approximate surface area is 92.6 Å². The number of amides is 1. The predicted molar refractivity (Wildman–Crippen MR) is 53.7 cm³/mol. The summed E-state index contributed by atoms with van der Waals surface area (Å²) in [6, 6.07) is 3.04. The van der Waals surface area contributed by atoms with Gasteiger partial charge in [0.15, 0.2) is 0 Å². The van der Waals surface area contributed by atoms with Gasteiger partial charge in [0, 0.05) is 13.1 Å². The highest BCUT2D eigenvalue weighted by molar-refractivity contribution is 5.93. The molecule has 0 aliphatic rings. The first-order valence-electron chi connectivity index (χ1n) is 4.73. The van der Waals surface area contributed by atoms with Crippen molar-refractivity contribution >= 4 is 5.91 Å². The zero-order valence-corrected chi connectivity index (χ0v) is 9.30. The second kappa shape index (κ2) is 5.03. The maximum Gasteiger partial charge on any atom is 0.280 e. The summed E-state index contributed by atoms with van der Waals surface area (Å²) in [5.74, 6) is -2.24. The first-order chi connectivity index (χ1) is 7.51. The van der Waals surface area contributed by atoms with Crippen molar-refractivity contribution in [3.8, 4) is 0 Å². The van der Waals surface area contributed by atoms with Gasteiger partial charge in [-0.25, -0.2) is 13.8 Å². The smallest absolute Gasteiger partial charge is 0.274 e. The van der Waals surface area contributed by atoms with Crippen molar-refractivity contribution in [1.82, 2.24) is 5.06 Å². The van der Waals surface area contributed by atoms with Crippen molar-refractivity contribution in [3.63, 3.8) is 0 Å². The Kier molecular flexibility index (Phi) is 3.95. The molecule has 16 heavy (non-hydrogen) atoms. The van der Waals surface area contributed by atoms with Gasteiger partial charge in [-0.15, -0.1) is 0 Å². The lowest BCUT2D eigenvalue weighted by Gasteiger charge is -2.14. The molecule has 1 rings (SSSR count). The van der Waals surface area contributed by atoms with Crippen molar-refractivity contribution in [2.75, 3.05) is 14.2 Å². The molecule has 0 atom stereocenters. The van der Waals surface area contributed by atoms with Crippen LogP contribution in [0.1, 0.15) is 22.8 Å². The molecule has 0 aliphatic carbocycles. The molecule has 1 radical (unpaired) electrons. The van der Waals surface area contributed by atoms with Crippen LogP contribution in [0.25, 0.3) is 0 Å². The lowest BCUT2D eigenvalue weighted by atomic mass is 10.1. The maximum atomic E-state index is 13.7. The van der Waals surface area contributed by atoms with E-state index in [2.05, 4.69) is 10.9 Å². The van der Waals surface area contributed by atoms with Crippen molar-refractivity contribution < 1.29 is 18.4 Å². The minimum Gasteiger partial charge on any atom is -0.274 e. The molecule has 0 spiro atoms. The Morgan fingerprint density at radius 2 is 2.19 bits per heavy atom. The fourth-order valence-corrected chi connectivity index (χ4v) is 1.24. The maximum absolute atomic E-state index is 13.7. The summed E-state index contributed by atoms with van der Waals surface area (Å²) in [5.41, 5.74) is -0.301. The Hall–Kier alpha value is -1.49. The van der Waals surface area contributed by atoms with Gasteiger partial charge in [-0.2, -0.15) is 0 Å². The van der Waals surface area contributed by atoms with Gasteiger partial charge >= 0.3 is 0 Å². The van der Waals surface area contributed by atoms with E-state index in [4.69, 9.17) is 0 Å². The van der Waals surface area contributed by atoms with E-state index in [9.17, 15) is 13.6 Å². The Balaban J connectivity index is 3.23. The predicted octanol–water partition coefficient (Wildman–Crippen LogP) is 1.96. The van der Waals surface area contributed by atoms with Crippen molar-refractivity contribution in [3.05, 3.63) is 34.9 Å². The number of nitrogens with zero attached hydrogens (tertiary/aromatic N) is 1. The van der Waals surface area contributed by atoms with Crippen molar-refractivity contribution in [2.45, 2.75) is 13.3 Å². The van der Waals surface area contributed by atoms with Crippen LogP contribution >= 0.6 is 0 Å². The molecular formula is C11H12F2NO2. The number of carbonyl (C=O) groups excluding carboxylic acids is 1. The fourth-order valence-electron chi connectivity index (χ4n) is 1.24. The summed E-state index contributed by atoms with van der Waals surface area (Å²) >= 11 is 0. The van der Waals surface area contributed by atoms with E-state index < -0.39 is 17.5 Å². The zero-order chi connectivity index (χ0) is 12.3. The Morgan fingerprint density at radius 1 is 1.56 bits per heavy atom. The highest BCUT2D eigenvalue weighted by Crippen LogP contribution is 2.17. The number of hydrogen-bond donors (Lipinski definition) is 0. The van der Waals surface area contributed by atoms with Gasteiger partial charge in [0.2, 0.25) is 0 Å². The van der Waals surface area contributed by atoms with Crippen LogP contribution in [0.5, 0.6) is 0 Å². The summed E-state index contributed by atoms with van der Waals surface area (Å²) in [6.45, 7) is 1.66. The molecule has 0 heterocycles. The third-order valence-electron chi connectivity index (χ3n) is 2.19. The molecule has 0 aromatic heterocycles. The summed E-state index contributed by atoms with van der Waals surface area (Å²) in [7, 11) is 2.59. The minimum absolute atomic E-state index is 0.0489. The monoisotopic (exact) mass is 228 g/mol. The first kappa shape index (κ1) is 12.6. The summed E-state index contributed by atoms with van der Waals surface area (Å²) < 4.78 is 26.8. The Morgan fingerprint density at radius 3 is 2.69 bits per heavy atom. The largest absolute Gasteiger partial charge is 0.280 e. The lowest BCUT2D eigenvalue weighted by molar-refractivity contribution is -0.0759. The van der Waals surface area contributed by atoms with Gasteiger partial charge in [0.1, 0.15) is 11.6 Å². The molecule has 0 unspecified atom stereocenters. The standard InChI is InChI=1S/C11H12F2NO2/c1-4-7-5-8(12)6-9(10(7)13)11(15)14(2)16-3/h6H,4H2,1-3H3. The fraction of sp³-hybridized carbons (Fsp3) is 0.364. The normalized spacial score (nSPS) is 10.3. The third kappa shape index (κ3) is 2.36. The quantitative estimate of drug-likeness (QED) is 0.740. The molecule has 0 fully saturated rings. The van der Waals surface area contributed by atoms with Crippen LogP contribution in [0, 0.1) is 17.7 Å². The second-order valence-corrected chi connectivity index (χ2v) is 3.16. The van der Waals surface area contributed by atoms with E-state index in [-0.39, 0.29) is 17.5 Å². The third-order valence-corrected chi connectivity index (χ3v) is 2.19. The molecule has 0 saturated heterocycles. The second-order valence-electron chi connectivity index (χ2n) is 3.16. The number of rotatable bonds is 3. The van der Waals surface area contributed by atoms with Gasteiger partial charge < -0.3 is 0 Å². The van der Waals surface area contributed by atoms with Crippen LogP contribution in [-0.4, -0.2) is 25.1 Å². The minimum atomic E-state index is -0.758. The van der Waals surface area contributed by atoms with Gasteiger partial charge in [-0.1, -0.05) is 6.92 Å². The molecule has 0 N–H and O–H groups in total. The molecular weight excluding hydrogens is 216 g/mol. The Bertz CT molecular complexity index is 407. The van der Waals surface area contributed by atoms with Gasteiger partial charge in [0.05, 0.1) is 12.7 Å². The summed E-state index contributed by atoms with van der Waals surface area (Å²) in [6.07, 6.45) is 0.264. The van der Waals surface area contributed by atoms with E-state index in [1.165, 1.54) is 14.2 Å². The molecule has 0 aliphatic heterocycles. The van der Waals surface area contributed by atoms with Gasteiger partial charge in [-0.05, 0) is 18.1 Å². The number of aryl methyl sites for hydroxylation is 1. The van der Waals surface area contributed by atoms with Crippen LogP contribution in [0.2, 0.25) is 0 Å². The van der Waals surface area contributed by atoms with Gasteiger partial charge in [0.25, 0.3) is 5.91 Å². The molecule has 5 heteroatoms. The van der Waals surface area contributed by atoms with E-state index in [1.54, 1.807) is 6.92 Å². The van der Waals surface area contributed by atoms with Crippen LogP contribution in [0.3, 0.4) is 0 Å². The molecule has 3 nitrogen and oxygen atoms in total. The average Bonchev–Trinajstić information content (AvgIpc) is 2.29. The first-order valence-corrected chi connectivity index (χ1v) is 4.73. The van der Waals surface area contributed by atoms with Crippen molar-refractivity contribution in [1.29, 1.82) is 0 Å². The molecule has 0 saturated carbocycles. The highest BCUT2D eigenvalue weighted by Gasteiger charge is 2.20. The van der Waals surface area contributed by atoms with Crippen molar-refractivity contribution in [2.24, 2.45) is 0 Å². The lowest BCUT2D eigenvalue weighted by Crippen LogP contribution is -2.26. The van der Waals surface area contributed by atoms with E-state index in [1.807, 2.05) is 0 Å². The van der Waals surface area contributed by atoms with Crippen LogP contribution < -0.4 is 0 Å². The van der Waals surface area contributed by atoms with Crippen LogP contribution in [0.4, 0.5) is 8.78 Å². The van der Waals surface area contributed by atoms with Gasteiger partial charge in [-0.3, -0.25) is 9.63 Å². The summed E-state index contributed by atoms with van der Waals surface area (Å²) in [5, 5.41) is 0.831. The highest BCUT2D eigenvalue weighted by atomic mass is 19.1. The molecule has 1 aromatic carbocycles.